The Labute approximate surface area is 57.9 Å². The molecular formula is C6H8N3O+. The van der Waals surface area contributed by atoms with Crippen molar-refractivity contribution in [3.05, 3.63) is 23.9 Å². The molecule has 0 spiro atoms. The molecule has 0 saturated carbocycles. The van der Waals surface area contributed by atoms with Crippen LogP contribution in [0.3, 0.4) is 0 Å². The molecule has 0 saturated heterocycles. The van der Waals surface area contributed by atoms with Gasteiger partial charge in [0, 0.05) is 6.07 Å². The minimum atomic E-state index is -0.472. The monoisotopic (exact) mass is 138 g/mol. The predicted molar refractivity (Wildman–Crippen MR) is 35.9 cm³/mol. The minimum Gasteiger partial charge on any atom is -0.366 e. The highest BCUT2D eigenvalue weighted by molar-refractivity contribution is 5.93. The van der Waals surface area contributed by atoms with E-state index >= 15 is 0 Å². The summed E-state index contributed by atoms with van der Waals surface area (Å²) in [4.78, 5) is 13.2. The van der Waals surface area contributed by atoms with Crippen molar-refractivity contribution >= 4 is 11.7 Å². The molecule has 1 heterocycles. The largest absolute Gasteiger partial charge is 0.366 e. The van der Waals surface area contributed by atoms with Gasteiger partial charge in [0.1, 0.15) is 0 Å². The molecule has 4 nitrogen and oxygen atoms in total. The number of anilines is 1. The molecule has 0 aliphatic carbocycles. The van der Waals surface area contributed by atoms with Gasteiger partial charge in [0.05, 0.1) is 11.8 Å². The third-order valence-electron chi connectivity index (χ3n) is 1.11. The Balaban J connectivity index is 3.07. The Hall–Kier alpha value is -1.58. The van der Waals surface area contributed by atoms with Crippen LogP contribution in [0, 0.1) is 0 Å². The third kappa shape index (κ3) is 1.22. The number of aromatic amines is 1. The number of primary amides is 1. The second kappa shape index (κ2) is 2.34. The zero-order valence-electron chi connectivity index (χ0n) is 5.29. The summed E-state index contributed by atoms with van der Waals surface area (Å²) in [6, 6.07) is 3.06. The summed E-state index contributed by atoms with van der Waals surface area (Å²) in [5.74, 6) is -0.0444. The number of carbonyl (C=O) groups excluding carboxylic acids is 1. The first-order valence-electron chi connectivity index (χ1n) is 2.77. The van der Waals surface area contributed by atoms with Crippen LogP contribution >= 0.6 is 0 Å². The molecular weight excluding hydrogens is 130 g/mol. The molecule has 0 radical (unpaired) electrons. The third-order valence-corrected chi connectivity index (χ3v) is 1.11. The number of nitrogen functional groups attached to an aromatic ring is 1. The topological polar surface area (TPSA) is 83.2 Å². The summed E-state index contributed by atoms with van der Waals surface area (Å²) >= 11 is 0. The normalized spacial score (nSPS) is 9.20. The Kier molecular flexibility index (Phi) is 1.53. The Morgan fingerprint density at radius 3 is 2.70 bits per heavy atom. The van der Waals surface area contributed by atoms with Gasteiger partial charge < -0.3 is 5.73 Å². The van der Waals surface area contributed by atoms with Crippen molar-refractivity contribution in [3.8, 4) is 0 Å². The van der Waals surface area contributed by atoms with Gasteiger partial charge in [0.2, 0.25) is 5.91 Å². The highest BCUT2D eigenvalue weighted by Crippen LogP contribution is 1.96. The Bertz CT molecular complexity index is 259. The molecule has 52 valence electrons. The molecule has 0 bridgehead atoms. The Morgan fingerprint density at radius 1 is 1.60 bits per heavy atom. The van der Waals surface area contributed by atoms with Gasteiger partial charge in [-0.3, -0.25) is 10.5 Å². The summed E-state index contributed by atoms with van der Waals surface area (Å²) in [6.45, 7) is 0. The maximum absolute atomic E-state index is 10.5. The summed E-state index contributed by atoms with van der Waals surface area (Å²) in [7, 11) is 0. The summed E-state index contributed by atoms with van der Waals surface area (Å²) < 4.78 is 0. The number of aromatic nitrogens is 1. The molecule has 0 unspecified atom stereocenters. The number of hydrogen-bond acceptors (Lipinski definition) is 2. The molecule has 0 atom stereocenters. The number of H-pyrrole nitrogens is 1. The average molecular weight is 138 g/mol. The van der Waals surface area contributed by atoms with E-state index in [-0.39, 0.29) is 0 Å². The first kappa shape index (κ1) is 6.54. The van der Waals surface area contributed by atoms with Crippen molar-refractivity contribution in [1.82, 2.24) is 0 Å². The van der Waals surface area contributed by atoms with Crippen LogP contribution in [0.5, 0.6) is 0 Å². The van der Waals surface area contributed by atoms with E-state index in [0.717, 1.165) is 0 Å². The molecule has 1 rings (SSSR count). The molecule has 1 aromatic rings. The van der Waals surface area contributed by atoms with E-state index in [1.807, 2.05) is 0 Å². The highest BCUT2D eigenvalue weighted by Gasteiger charge is 2.01. The van der Waals surface area contributed by atoms with Gasteiger partial charge in [-0.15, -0.1) is 0 Å². The van der Waals surface area contributed by atoms with Crippen molar-refractivity contribution in [1.29, 1.82) is 0 Å². The van der Waals surface area contributed by atoms with Gasteiger partial charge in [-0.25, -0.2) is 4.98 Å². The first-order valence-corrected chi connectivity index (χ1v) is 2.77. The lowest BCUT2D eigenvalue weighted by Gasteiger charge is -1.90. The molecule has 5 N–H and O–H groups in total. The molecule has 4 heteroatoms. The fourth-order valence-electron chi connectivity index (χ4n) is 0.638. The maximum Gasteiger partial charge on any atom is 0.270 e. The fourth-order valence-corrected chi connectivity index (χ4v) is 0.638. The van der Waals surface area contributed by atoms with Crippen LogP contribution in [0.4, 0.5) is 5.82 Å². The molecule has 1 amide bonds. The van der Waals surface area contributed by atoms with Gasteiger partial charge in [-0.05, 0) is 6.07 Å². The number of nitrogens with two attached hydrogens (primary N) is 2. The number of hydrogen-bond donors (Lipinski definition) is 2. The predicted octanol–water partition coefficient (Wildman–Crippen LogP) is -0.818. The number of rotatable bonds is 1. The van der Waals surface area contributed by atoms with E-state index in [2.05, 4.69) is 4.98 Å². The average Bonchev–Trinajstić information content (AvgIpc) is 1.88. The van der Waals surface area contributed by atoms with Gasteiger partial charge in [0.25, 0.3) is 5.82 Å². The SMILES string of the molecule is NC(=O)c1cc[nH+]c(N)c1. The molecule has 0 aromatic carbocycles. The minimum absolute atomic E-state index is 0.413. The Morgan fingerprint density at radius 2 is 2.30 bits per heavy atom. The lowest BCUT2D eigenvalue weighted by Crippen LogP contribution is -2.15. The zero-order chi connectivity index (χ0) is 7.56. The maximum atomic E-state index is 10.5. The van der Waals surface area contributed by atoms with E-state index in [9.17, 15) is 4.79 Å². The van der Waals surface area contributed by atoms with Crippen LogP contribution < -0.4 is 16.5 Å². The number of nitrogens with one attached hydrogen (secondary N) is 1. The van der Waals surface area contributed by atoms with E-state index < -0.39 is 5.91 Å². The van der Waals surface area contributed by atoms with Gasteiger partial charge >= 0.3 is 0 Å². The number of amides is 1. The summed E-state index contributed by atoms with van der Waals surface area (Å²) in [5, 5.41) is 0. The second-order valence-electron chi connectivity index (χ2n) is 1.90. The van der Waals surface area contributed by atoms with E-state index in [0.29, 0.717) is 11.4 Å². The van der Waals surface area contributed by atoms with Crippen molar-refractivity contribution in [3.63, 3.8) is 0 Å². The van der Waals surface area contributed by atoms with Gasteiger partial charge in [0.15, 0.2) is 0 Å². The lowest BCUT2D eigenvalue weighted by molar-refractivity contribution is -0.360. The van der Waals surface area contributed by atoms with Crippen molar-refractivity contribution in [2.75, 3.05) is 5.73 Å². The molecule has 1 aromatic heterocycles. The number of pyridine rings is 1. The highest BCUT2D eigenvalue weighted by atomic mass is 16.1. The quantitative estimate of drug-likeness (QED) is 0.531. The van der Waals surface area contributed by atoms with Crippen molar-refractivity contribution in [2.45, 2.75) is 0 Å². The molecule has 0 aliphatic rings. The van der Waals surface area contributed by atoms with Crippen molar-refractivity contribution in [2.24, 2.45) is 5.73 Å². The molecule has 10 heavy (non-hydrogen) atoms. The second-order valence-corrected chi connectivity index (χ2v) is 1.90. The molecule has 0 fully saturated rings. The standard InChI is InChI=1S/C6H7N3O/c7-5-3-4(6(8)10)1-2-9-5/h1-3H,(H2,7,9)(H2,8,10)/p+1. The zero-order valence-corrected chi connectivity index (χ0v) is 5.29. The van der Waals surface area contributed by atoms with E-state index in [1.165, 1.54) is 6.07 Å². The summed E-state index contributed by atoms with van der Waals surface area (Å²) in [6.07, 6.45) is 1.56. The summed E-state index contributed by atoms with van der Waals surface area (Å²) in [5.41, 5.74) is 10.7. The fraction of sp³-hybridized carbons (Fsp3) is 0. The molecule has 0 aliphatic heterocycles. The first-order chi connectivity index (χ1) is 4.70. The van der Waals surface area contributed by atoms with E-state index in [4.69, 9.17) is 11.5 Å². The van der Waals surface area contributed by atoms with Crippen LogP contribution in [0.25, 0.3) is 0 Å². The smallest absolute Gasteiger partial charge is 0.270 e. The lowest BCUT2D eigenvalue weighted by atomic mass is 10.2. The van der Waals surface area contributed by atoms with Gasteiger partial charge in [-0.1, -0.05) is 0 Å². The van der Waals surface area contributed by atoms with Crippen LogP contribution in [0.15, 0.2) is 18.3 Å². The van der Waals surface area contributed by atoms with Gasteiger partial charge in [-0.2, -0.15) is 0 Å². The van der Waals surface area contributed by atoms with Crippen LogP contribution in [-0.2, 0) is 0 Å². The number of carbonyl (C=O) groups is 1. The van der Waals surface area contributed by atoms with E-state index in [1.54, 1.807) is 12.3 Å². The van der Waals surface area contributed by atoms with Crippen LogP contribution in [0.2, 0.25) is 0 Å². The van der Waals surface area contributed by atoms with Crippen molar-refractivity contribution < 1.29 is 9.78 Å². The van der Waals surface area contributed by atoms with Crippen LogP contribution in [-0.4, -0.2) is 5.91 Å². The van der Waals surface area contributed by atoms with Crippen LogP contribution in [0.1, 0.15) is 10.4 Å².